The molecule has 3 aromatic carbocycles. The molecule has 0 N–H and O–H groups in total. The van der Waals surface area contributed by atoms with Crippen LogP contribution in [0.15, 0.2) is 93.8 Å². The van der Waals surface area contributed by atoms with Gasteiger partial charge in [0.25, 0.3) is 0 Å². The Bertz CT molecular complexity index is 1380. The molecule has 6 rings (SSSR count). The molecule has 3 aliphatic rings. The number of hydrogen-bond donors (Lipinski definition) is 0. The molecule has 0 aliphatic heterocycles. The maximum Gasteiger partial charge on any atom is -1.00 e. The summed E-state index contributed by atoms with van der Waals surface area (Å²) < 4.78 is 3.94. The van der Waals surface area contributed by atoms with E-state index in [2.05, 4.69) is 105 Å². The first-order chi connectivity index (χ1) is 14.7. The van der Waals surface area contributed by atoms with Gasteiger partial charge in [0.15, 0.2) is 0 Å². The number of fused-ring (bicyclic) bond motifs is 6. The van der Waals surface area contributed by atoms with Crippen LogP contribution in [-0.2, 0) is 27.7 Å². The summed E-state index contributed by atoms with van der Waals surface area (Å²) in [4.78, 5) is 0. The maximum atomic E-state index is 2.50. The summed E-state index contributed by atoms with van der Waals surface area (Å²) in [7, 11) is 0. The van der Waals surface area contributed by atoms with Gasteiger partial charge >= 0.3 is 187 Å². The molecule has 0 aromatic heterocycles. The molecule has 0 saturated heterocycles. The van der Waals surface area contributed by atoms with Crippen LogP contribution in [0.25, 0.3) is 22.4 Å². The normalized spacial score (nSPS) is 16.9. The first-order valence-electron chi connectivity index (χ1n) is 10.8. The smallest absolute Gasteiger partial charge is 1.00 e. The maximum absolute atomic E-state index is 2.50. The van der Waals surface area contributed by atoms with Gasteiger partial charge in [-0.25, -0.2) is 0 Å². The van der Waals surface area contributed by atoms with Gasteiger partial charge in [-0.2, -0.15) is 0 Å². The van der Waals surface area contributed by atoms with E-state index in [1.165, 1.54) is 33.0 Å². The van der Waals surface area contributed by atoms with Crippen molar-refractivity contribution in [1.29, 1.82) is 0 Å². The second-order valence-electron chi connectivity index (χ2n) is 8.69. The molecule has 0 saturated carbocycles. The van der Waals surface area contributed by atoms with Crippen molar-refractivity contribution in [2.24, 2.45) is 0 Å². The third-order valence-corrected chi connectivity index (χ3v) is 14.6. The van der Waals surface area contributed by atoms with Crippen molar-refractivity contribution in [3.05, 3.63) is 116 Å². The fourth-order valence-corrected chi connectivity index (χ4v) is 13.2. The van der Waals surface area contributed by atoms with Crippen molar-refractivity contribution in [2.45, 2.75) is 23.9 Å². The van der Waals surface area contributed by atoms with Crippen LogP contribution < -0.4 is 24.8 Å². The Labute approximate surface area is 210 Å². The third kappa shape index (κ3) is 3.60. The van der Waals surface area contributed by atoms with Gasteiger partial charge in [-0.05, 0) is 0 Å². The Hall–Kier alpha value is -1.79. The molecule has 3 aliphatic carbocycles. The second-order valence-corrected chi connectivity index (χ2v) is 16.0. The predicted molar refractivity (Wildman–Crippen MR) is 126 cm³/mol. The number of halogens is 2. The van der Waals surface area contributed by atoms with Crippen LogP contribution in [0.1, 0.15) is 39.7 Å². The van der Waals surface area contributed by atoms with Crippen molar-refractivity contribution < 1.29 is 46.1 Å². The number of allylic oxidation sites excluding steroid dienone is 7. The van der Waals surface area contributed by atoms with Crippen molar-refractivity contribution >= 4 is 25.6 Å². The molecule has 1 atom stereocenters. The molecule has 0 bridgehead atoms. The quantitative estimate of drug-likeness (QED) is 0.464. The van der Waals surface area contributed by atoms with Crippen LogP contribution in [-0.4, -0.2) is 3.21 Å². The summed E-state index contributed by atoms with van der Waals surface area (Å²) in [6, 6.07) is 22.6. The summed E-state index contributed by atoms with van der Waals surface area (Å²) in [6.07, 6.45) is 13.2. The van der Waals surface area contributed by atoms with Crippen molar-refractivity contribution in [3.8, 4) is 0 Å². The summed E-state index contributed by atoms with van der Waals surface area (Å²) >= 11 is -2.14. The molecule has 1 unspecified atom stereocenters. The Morgan fingerprint density at radius 3 is 2.47 bits per heavy atom. The largest absolute Gasteiger partial charge is 1.00 e. The Morgan fingerprint density at radius 1 is 0.844 bits per heavy atom. The van der Waals surface area contributed by atoms with Gasteiger partial charge < -0.3 is 24.8 Å². The number of hydrogen-bond acceptors (Lipinski definition) is 0. The van der Waals surface area contributed by atoms with E-state index in [1.807, 2.05) is 0 Å². The Balaban J connectivity index is 0.00000122. The Morgan fingerprint density at radius 2 is 1.62 bits per heavy atom. The SMILES string of the molecule is C[C](C)=[Zr+2]([C]1=C2C(=CCc3ccc4ccccc4c32)C=C1)[CH]1C=Cc2ccccc21.[Cl-].[Cl-]. The molecule has 158 valence electrons. The van der Waals surface area contributed by atoms with Crippen LogP contribution in [0.3, 0.4) is 0 Å². The predicted octanol–water partition coefficient (Wildman–Crippen LogP) is 1.21. The summed E-state index contributed by atoms with van der Waals surface area (Å²) in [6.45, 7) is 4.78. The van der Waals surface area contributed by atoms with Gasteiger partial charge in [-0.15, -0.1) is 0 Å². The van der Waals surface area contributed by atoms with Gasteiger partial charge in [0.2, 0.25) is 0 Å². The molecule has 3 aromatic rings. The van der Waals surface area contributed by atoms with Gasteiger partial charge in [-0.1, -0.05) is 0 Å². The van der Waals surface area contributed by atoms with Gasteiger partial charge in [0.05, 0.1) is 0 Å². The second kappa shape index (κ2) is 9.22. The molecular weight excluding hydrogens is 510 g/mol. The van der Waals surface area contributed by atoms with E-state index >= 15 is 0 Å². The minimum atomic E-state index is -2.14. The standard InChI is InChI=1S/C17H11.C9H7.C3H6.2ClH.Zr/c1-2-6-15-12(4-1)8-10-14-11-9-13-5-3-7-16(13)17(14)15;1-2-5-9-7-3-6-8(9)4-1;1-3-2;;;/h1-6,8-10H,11H2;1-7H;1-2H3;2*1H;/q;;;;;+2/p-2. The topological polar surface area (TPSA) is 0 Å². The summed E-state index contributed by atoms with van der Waals surface area (Å²) in [5.41, 5.74) is 8.93. The minimum absolute atomic E-state index is 0. The van der Waals surface area contributed by atoms with Crippen LogP contribution in [0, 0.1) is 0 Å². The molecule has 0 fully saturated rings. The van der Waals surface area contributed by atoms with Gasteiger partial charge in [0.1, 0.15) is 0 Å². The summed E-state index contributed by atoms with van der Waals surface area (Å²) in [5.74, 6) is 0. The van der Waals surface area contributed by atoms with Gasteiger partial charge in [-0.3, -0.25) is 0 Å². The van der Waals surface area contributed by atoms with E-state index in [4.69, 9.17) is 0 Å². The molecule has 0 amide bonds. The van der Waals surface area contributed by atoms with E-state index < -0.39 is 21.3 Å². The molecule has 32 heavy (non-hydrogen) atoms. The Kier molecular flexibility index (Phi) is 6.74. The number of rotatable bonds is 2. The van der Waals surface area contributed by atoms with Crippen LogP contribution >= 0.6 is 0 Å². The fourth-order valence-electron chi connectivity index (χ4n) is 5.42. The molecular formula is C29H24Cl2Zr. The average Bonchev–Trinajstić information content (AvgIpc) is 3.39. The van der Waals surface area contributed by atoms with E-state index in [-0.39, 0.29) is 24.8 Å². The van der Waals surface area contributed by atoms with Gasteiger partial charge in [0, 0.05) is 0 Å². The zero-order valence-corrected chi connectivity index (χ0v) is 22.2. The third-order valence-electron chi connectivity index (χ3n) is 6.73. The average molecular weight is 535 g/mol. The molecule has 0 spiro atoms. The van der Waals surface area contributed by atoms with E-state index in [1.54, 1.807) is 17.6 Å². The van der Waals surface area contributed by atoms with Crippen molar-refractivity contribution in [1.82, 2.24) is 0 Å². The monoisotopic (exact) mass is 532 g/mol. The van der Waals surface area contributed by atoms with E-state index in [0.717, 1.165) is 6.42 Å². The molecule has 0 radical (unpaired) electrons. The first-order valence-corrected chi connectivity index (χ1v) is 14.7. The number of benzene rings is 3. The van der Waals surface area contributed by atoms with Crippen molar-refractivity contribution in [2.75, 3.05) is 0 Å². The first kappa shape index (κ1) is 23.4. The zero-order valence-electron chi connectivity index (χ0n) is 18.2. The minimum Gasteiger partial charge on any atom is -1.00 e. The van der Waals surface area contributed by atoms with Crippen molar-refractivity contribution in [3.63, 3.8) is 0 Å². The van der Waals surface area contributed by atoms with Crippen LogP contribution in [0.2, 0.25) is 0 Å². The van der Waals surface area contributed by atoms with E-state index in [0.29, 0.717) is 3.63 Å². The van der Waals surface area contributed by atoms with Crippen LogP contribution in [0.5, 0.6) is 0 Å². The fraction of sp³-hybridized carbons (Fsp3) is 0.138. The van der Waals surface area contributed by atoms with Crippen LogP contribution in [0.4, 0.5) is 0 Å². The zero-order chi connectivity index (χ0) is 20.2. The molecule has 0 heterocycles. The van der Waals surface area contributed by atoms with E-state index in [9.17, 15) is 0 Å². The summed E-state index contributed by atoms with van der Waals surface area (Å²) in [5, 5.41) is 2.76. The molecule has 0 nitrogen and oxygen atoms in total. The molecule has 3 heteroatoms.